The molecule has 0 bridgehead atoms. The lowest BCUT2D eigenvalue weighted by Gasteiger charge is -2.13. The van der Waals surface area contributed by atoms with Gasteiger partial charge in [-0.15, -0.1) is 6.58 Å². The average molecular weight is 274 g/mol. The summed E-state index contributed by atoms with van der Waals surface area (Å²) < 4.78 is 0. The van der Waals surface area contributed by atoms with E-state index in [2.05, 4.69) is 21.9 Å². The monoisotopic (exact) mass is 274 g/mol. The average Bonchev–Trinajstić information content (AvgIpc) is 2.80. The minimum atomic E-state index is -0.291. The number of hydrogen-bond donors (Lipinski definition) is 1. The van der Waals surface area contributed by atoms with Crippen LogP contribution in [0.3, 0.4) is 0 Å². The number of carbonyl (C=O) groups excluding carboxylic acids is 2. The van der Waals surface area contributed by atoms with Gasteiger partial charge < -0.3 is 10.2 Å². The Morgan fingerprint density at radius 3 is 3.00 bits per heavy atom. The molecule has 1 aromatic rings. The number of carbonyl (C=O) groups is 2. The van der Waals surface area contributed by atoms with Crippen LogP contribution in [0.25, 0.3) is 0 Å². The van der Waals surface area contributed by atoms with Crippen molar-refractivity contribution >= 4 is 11.8 Å². The first-order valence-electron chi connectivity index (χ1n) is 6.54. The van der Waals surface area contributed by atoms with E-state index in [1.807, 2.05) is 6.92 Å². The van der Waals surface area contributed by atoms with Crippen LogP contribution in [0.2, 0.25) is 0 Å². The van der Waals surface area contributed by atoms with Gasteiger partial charge in [0.2, 0.25) is 11.8 Å². The number of likely N-dealkylation sites (tertiary alicyclic amines) is 1. The molecule has 0 unspecified atom stereocenters. The topological polar surface area (TPSA) is 75.2 Å². The first-order chi connectivity index (χ1) is 9.60. The van der Waals surface area contributed by atoms with E-state index in [-0.39, 0.29) is 24.2 Å². The molecule has 106 valence electrons. The van der Waals surface area contributed by atoms with Crippen LogP contribution in [-0.4, -0.2) is 39.8 Å². The third kappa shape index (κ3) is 3.40. The van der Waals surface area contributed by atoms with Crippen LogP contribution in [0.5, 0.6) is 0 Å². The highest BCUT2D eigenvalue weighted by Gasteiger charge is 2.33. The zero-order chi connectivity index (χ0) is 14.5. The molecule has 0 saturated carbocycles. The second-order valence-corrected chi connectivity index (χ2v) is 4.86. The third-order valence-corrected chi connectivity index (χ3v) is 3.21. The van der Waals surface area contributed by atoms with Crippen LogP contribution >= 0.6 is 0 Å². The number of rotatable bonds is 5. The molecule has 1 aliphatic rings. The molecule has 2 amide bonds. The number of nitrogens with zero attached hydrogens (tertiary/aromatic N) is 3. The van der Waals surface area contributed by atoms with E-state index in [0.29, 0.717) is 25.3 Å². The Morgan fingerprint density at radius 1 is 1.55 bits per heavy atom. The third-order valence-electron chi connectivity index (χ3n) is 3.21. The van der Waals surface area contributed by atoms with Gasteiger partial charge in [0.1, 0.15) is 0 Å². The molecule has 1 saturated heterocycles. The second kappa shape index (κ2) is 6.27. The molecule has 0 radical (unpaired) electrons. The van der Waals surface area contributed by atoms with Gasteiger partial charge >= 0.3 is 0 Å². The minimum Gasteiger partial charge on any atom is -0.350 e. The largest absolute Gasteiger partial charge is 0.350 e. The lowest BCUT2D eigenvalue weighted by atomic mass is 10.1. The fraction of sp³-hybridized carbons (Fsp3) is 0.429. The van der Waals surface area contributed by atoms with Gasteiger partial charge in [-0.2, -0.15) is 0 Å². The molecule has 2 rings (SSSR count). The second-order valence-electron chi connectivity index (χ2n) is 4.86. The summed E-state index contributed by atoms with van der Waals surface area (Å²) in [5.41, 5.74) is 1.54. The van der Waals surface area contributed by atoms with Crippen LogP contribution in [0.1, 0.15) is 17.8 Å². The standard InChI is InChI=1S/C14H18N4O2/c1-3-4-18-9-11(5-13(18)19)14(20)17-8-12-7-15-10(2)6-16-12/h3,6-7,11H,1,4-5,8-9H2,2H3,(H,17,20)/t11-/m1/s1. The van der Waals surface area contributed by atoms with Crippen molar-refractivity contribution in [2.75, 3.05) is 13.1 Å². The van der Waals surface area contributed by atoms with Crippen molar-refractivity contribution in [2.45, 2.75) is 19.9 Å². The van der Waals surface area contributed by atoms with Gasteiger partial charge in [-0.1, -0.05) is 6.08 Å². The van der Waals surface area contributed by atoms with Gasteiger partial charge in [0.25, 0.3) is 0 Å². The predicted molar refractivity (Wildman–Crippen MR) is 73.5 cm³/mol. The Kier molecular flexibility index (Phi) is 4.45. The summed E-state index contributed by atoms with van der Waals surface area (Å²) in [4.78, 5) is 33.6. The van der Waals surface area contributed by atoms with E-state index in [0.717, 1.165) is 5.69 Å². The van der Waals surface area contributed by atoms with Gasteiger partial charge in [-0.3, -0.25) is 19.6 Å². The van der Waals surface area contributed by atoms with Gasteiger partial charge in [-0.05, 0) is 6.92 Å². The Labute approximate surface area is 117 Å². The molecule has 6 heteroatoms. The van der Waals surface area contributed by atoms with Gasteiger partial charge in [0.15, 0.2) is 0 Å². The maximum atomic E-state index is 12.0. The SMILES string of the molecule is C=CCN1C[C@H](C(=O)NCc2cnc(C)cn2)CC1=O. The van der Waals surface area contributed by atoms with Crippen LogP contribution in [0.15, 0.2) is 25.0 Å². The number of nitrogens with one attached hydrogen (secondary N) is 1. The fourth-order valence-electron chi connectivity index (χ4n) is 2.11. The number of amides is 2. The quantitative estimate of drug-likeness (QED) is 0.790. The number of hydrogen-bond acceptors (Lipinski definition) is 4. The number of aromatic nitrogens is 2. The molecule has 6 nitrogen and oxygen atoms in total. The summed E-state index contributed by atoms with van der Waals surface area (Å²) in [6.07, 6.45) is 5.23. The van der Waals surface area contributed by atoms with E-state index in [1.54, 1.807) is 23.4 Å². The molecule has 1 aromatic heterocycles. The van der Waals surface area contributed by atoms with Crippen LogP contribution < -0.4 is 5.32 Å². The van der Waals surface area contributed by atoms with Crippen molar-refractivity contribution in [1.82, 2.24) is 20.2 Å². The first-order valence-corrected chi connectivity index (χ1v) is 6.54. The van der Waals surface area contributed by atoms with E-state index in [9.17, 15) is 9.59 Å². The predicted octanol–water partition coefficient (Wildman–Crippen LogP) is 0.436. The summed E-state index contributed by atoms with van der Waals surface area (Å²) in [7, 11) is 0. The molecule has 0 aliphatic carbocycles. The molecule has 1 aliphatic heterocycles. The maximum Gasteiger partial charge on any atom is 0.225 e. The summed E-state index contributed by atoms with van der Waals surface area (Å²) in [5.74, 6) is -0.409. The zero-order valence-corrected chi connectivity index (χ0v) is 11.5. The lowest BCUT2D eigenvalue weighted by Crippen LogP contribution is -2.32. The van der Waals surface area contributed by atoms with Crippen molar-refractivity contribution in [3.8, 4) is 0 Å². The molecule has 20 heavy (non-hydrogen) atoms. The van der Waals surface area contributed by atoms with Crippen LogP contribution in [-0.2, 0) is 16.1 Å². The molecule has 1 atom stereocenters. The molecule has 1 N–H and O–H groups in total. The Hall–Kier alpha value is -2.24. The van der Waals surface area contributed by atoms with E-state index in [1.165, 1.54) is 0 Å². The van der Waals surface area contributed by atoms with E-state index < -0.39 is 0 Å². The van der Waals surface area contributed by atoms with E-state index >= 15 is 0 Å². The summed E-state index contributed by atoms with van der Waals surface area (Å²) in [5, 5.41) is 2.80. The number of aryl methyl sites for hydroxylation is 1. The van der Waals surface area contributed by atoms with Crippen molar-refractivity contribution in [1.29, 1.82) is 0 Å². The smallest absolute Gasteiger partial charge is 0.225 e. The summed E-state index contributed by atoms with van der Waals surface area (Å²) in [6.45, 7) is 6.74. The molecular weight excluding hydrogens is 256 g/mol. The van der Waals surface area contributed by atoms with Crippen LogP contribution in [0, 0.1) is 12.8 Å². The molecule has 0 aromatic carbocycles. The Morgan fingerprint density at radius 2 is 2.35 bits per heavy atom. The van der Waals surface area contributed by atoms with Crippen molar-refractivity contribution < 1.29 is 9.59 Å². The fourth-order valence-corrected chi connectivity index (χ4v) is 2.11. The summed E-state index contributed by atoms with van der Waals surface area (Å²) in [6, 6.07) is 0. The molecule has 1 fully saturated rings. The highest BCUT2D eigenvalue weighted by Crippen LogP contribution is 2.17. The van der Waals surface area contributed by atoms with Gasteiger partial charge in [-0.25, -0.2) is 0 Å². The molecule has 2 heterocycles. The van der Waals surface area contributed by atoms with Gasteiger partial charge in [0.05, 0.1) is 30.0 Å². The highest BCUT2D eigenvalue weighted by atomic mass is 16.2. The Bertz CT molecular complexity index is 512. The minimum absolute atomic E-state index is 0.000164. The normalized spacial score (nSPS) is 18.1. The zero-order valence-electron chi connectivity index (χ0n) is 11.5. The highest BCUT2D eigenvalue weighted by molar-refractivity contribution is 5.89. The maximum absolute atomic E-state index is 12.0. The van der Waals surface area contributed by atoms with Crippen molar-refractivity contribution in [2.24, 2.45) is 5.92 Å². The Balaban J connectivity index is 1.85. The summed E-state index contributed by atoms with van der Waals surface area (Å²) >= 11 is 0. The molecule has 0 spiro atoms. The van der Waals surface area contributed by atoms with Crippen molar-refractivity contribution in [3.05, 3.63) is 36.4 Å². The first kappa shape index (κ1) is 14.2. The van der Waals surface area contributed by atoms with Crippen LogP contribution in [0.4, 0.5) is 0 Å². The van der Waals surface area contributed by atoms with Gasteiger partial charge in [0, 0.05) is 25.7 Å². The molecular formula is C14H18N4O2. The van der Waals surface area contributed by atoms with Crippen molar-refractivity contribution in [3.63, 3.8) is 0 Å². The van der Waals surface area contributed by atoms with E-state index in [4.69, 9.17) is 0 Å². The lowest BCUT2D eigenvalue weighted by molar-refractivity contribution is -0.128.